The summed E-state index contributed by atoms with van der Waals surface area (Å²) in [5.74, 6) is -0.475. The zero-order valence-electron chi connectivity index (χ0n) is 15.5. The second-order valence-electron chi connectivity index (χ2n) is 7.33. The third-order valence-corrected chi connectivity index (χ3v) is 5.36. The van der Waals surface area contributed by atoms with Crippen LogP contribution in [-0.4, -0.2) is 43.0 Å². The zero-order chi connectivity index (χ0) is 18.4. The highest BCUT2D eigenvalue weighted by Crippen LogP contribution is 2.30. The predicted molar refractivity (Wildman–Crippen MR) is 105 cm³/mol. The van der Waals surface area contributed by atoms with Crippen molar-refractivity contribution in [1.29, 1.82) is 0 Å². The van der Waals surface area contributed by atoms with Gasteiger partial charge in [-0.25, -0.2) is 4.79 Å². The molecule has 0 atom stereocenters. The maximum atomic E-state index is 12.8. The largest absolute Gasteiger partial charge is 0.370 e. The molecule has 2 fully saturated rings. The normalized spacial score (nSPS) is 18.8. The van der Waals surface area contributed by atoms with E-state index in [9.17, 15) is 9.59 Å². The molecule has 0 radical (unpaired) electrons. The molecule has 142 valence electrons. The number of nitrogens with zero attached hydrogens (tertiary/aromatic N) is 2. The highest BCUT2D eigenvalue weighted by molar-refractivity contribution is 5.98. The molecule has 6 heteroatoms. The van der Waals surface area contributed by atoms with Crippen LogP contribution in [0.15, 0.2) is 18.2 Å². The van der Waals surface area contributed by atoms with E-state index in [-0.39, 0.29) is 6.03 Å². The van der Waals surface area contributed by atoms with Crippen LogP contribution >= 0.6 is 0 Å². The average Bonchev–Trinajstić information content (AvgIpc) is 2.62. The lowest BCUT2D eigenvalue weighted by molar-refractivity contribution is 0.1000. The summed E-state index contributed by atoms with van der Waals surface area (Å²) in [5.41, 5.74) is 7.54. The molecule has 0 aromatic heterocycles. The molecule has 1 aromatic rings. The van der Waals surface area contributed by atoms with Crippen LogP contribution < -0.4 is 16.0 Å². The highest BCUT2D eigenvalue weighted by Gasteiger charge is 2.20. The number of carbonyl (C=O) groups excluding carboxylic acids is 2. The van der Waals surface area contributed by atoms with Crippen LogP contribution in [0, 0.1) is 0 Å². The fourth-order valence-electron chi connectivity index (χ4n) is 3.84. The van der Waals surface area contributed by atoms with Crippen LogP contribution in [0.4, 0.5) is 16.2 Å². The smallest absolute Gasteiger partial charge is 0.321 e. The van der Waals surface area contributed by atoms with Gasteiger partial charge in [0, 0.05) is 31.7 Å². The maximum Gasteiger partial charge on any atom is 0.321 e. The Hall–Kier alpha value is -2.24. The number of primary amides is 1. The molecule has 26 heavy (non-hydrogen) atoms. The first-order valence-corrected chi connectivity index (χ1v) is 9.90. The Bertz CT molecular complexity index is 633. The number of nitrogens with one attached hydrogen (secondary N) is 1. The van der Waals surface area contributed by atoms with E-state index in [0.29, 0.717) is 11.3 Å². The minimum absolute atomic E-state index is 0.0771. The number of nitrogens with two attached hydrogens (primary N) is 1. The highest BCUT2D eigenvalue weighted by atomic mass is 16.2. The number of amides is 3. The fraction of sp³-hybridized carbons (Fsp3) is 0.600. The Balaban J connectivity index is 1.79. The summed E-state index contributed by atoms with van der Waals surface area (Å²) in [4.78, 5) is 28.6. The lowest BCUT2D eigenvalue weighted by atomic mass is 10.1. The van der Waals surface area contributed by atoms with E-state index in [4.69, 9.17) is 5.73 Å². The van der Waals surface area contributed by atoms with Gasteiger partial charge in [-0.15, -0.1) is 0 Å². The van der Waals surface area contributed by atoms with Gasteiger partial charge >= 0.3 is 6.03 Å². The summed E-state index contributed by atoms with van der Waals surface area (Å²) in [6, 6.07) is 5.30. The van der Waals surface area contributed by atoms with Crippen molar-refractivity contribution >= 4 is 23.3 Å². The quantitative estimate of drug-likeness (QED) is 0.867. The minimum atomic E-state index is -0.475. The molecule has 3 amide bonds. The standard InChI is InChI=1S/C20H30N4O2/c21-19(25)16-9-10-18(23-11-7-4-8-12-23)17(15-16)22-20(26)24-13-5-2-1-3-6-14-24/h9-10,15H,1-8,11-14H2,(H2,21,25)(H,22,26). The number of urea groups is 1. The third kappa shape index (κ3) is 4.68. The van der Waals surface area contributed by atoms with Crippen LogP contribution in [0.5, 0.6) is 0 Å². The van der Waals surface area contributed by atoms with Crippen molar-refractivity contribution in [3.05, 3.63) is 23.8 Å². The summed E-state index contributed by atoms with van der Waals surface area (Å²) in [6.45, 7) is 3.53. The first-order chi connectivity index (χ1) is 12.6. The Morgan fingerprint density at radius 1 is 0.846 bits per heavy atom. The lowest BCUT2D eigenvalue weighted by Crippen LogP contribution is -2.38. The molecule has 0 saturated carbocycles. The molecule has 3 N–H and O–H groups in total. The van der Waals surface area contributed by atoms with Crippen molar-refractivity contribution in [3.63, 3.8) is 0 Å². The van der Waals surface area contributed by atoms with Gasteiger partial charge in [-0.1, -0.05) is 19.3 Å². The van der Waals surface area contributed by atoms with Gasteiger partial charge in [0.25, 0.3) is 0 Å². The van der Waals surface area contributed by atoms with Gasteiger partial charge in [-0.2, -0.15) is 0 Å². The van der Waals surface area contributed by atoms with Gasteiger partial charge in [0.2, 0.25) is 5.91 Å². The molecule has 6 nitrogen and oxygen atoms in total. The number of hydrogen-bond donors (Lipinski definition) is 2. The minimum Gasteiger partial charge on any atom is -0.370 e. The molecule has 2 aliphatic heterocycles. The molecule has 0 spiro atoms. The zero-order valence-corrected chi connectivity index (χ0v) is 15.5. The van der Waals surface area contributed by atoms with Gasteiger partial charge in [-0.05, 0) is 50.3 Å². The van der Waals surface area contributed by atoms with E-state index in [1.54, 1.807) is 12.1 Å². The molecular weight excluding hydrogens is 328 g/mol. The van der Waals surface area contributed by atoms with Crippen LogP contribution in [0.2, 0.25) is 0 Å². The molecule has 0 aliphatic carbocycles. The Morgan fingerprint density at radius 2 is 1.42 bits per heavy atom. The van der Waals surface area contributed by atoms with Crippen molar-refractivity contribution in [2.24, 2.45) is 5.73 Å². The van der Waals surface area contributed by atoms with Crippen LogP contribution in [-0.2, 0) is 0 Å². The van der Waals surface area contributed by atoms with E-state index >= 15 is 0 Å². The van der Waals surface area contributed by atoms with Gasteiger partial charge < -0.3 is 20.9 Å². The first-order valence-electron chi connectivity index (χ1n) is 9.90. The lowest BCUT2D eigenvalue weighted by Gasteiger charge is -2.31. The van der Waals surface area contributed by atoms with Crippen molar-refractivity contribution < 1.29 is 9.59 Å². The summed E-state index contributed by atoms with van der Waals surface area (Å²) < 4.78 is 0. The number of piperidine rings is 1. The summed E-state index contributed by atoms with van der Waals surface area (Å²) in [7, 11) is 0. The summed E-state index contributed by atoms with van der Waals surface area (Å²) >= 11 is 0. The van der Waals surface area contributed by atoms with E-state index in [2.05, 4.69) is 10.2 Å². The van der Waals surface area contributed by atoms with E-state index in [1.807, 2.05) is 11.0 Å². The molecular formula is C20H30N4O2. The Kier molecular flexibility index (Phi) is 6.36. The van der Waals surface area contributed by atoms with Gasteiger partial charge in [0.15, 0.2) is 0 Å². The number of likely N-dealkylation sites (tertiary alicyclic amines) is 1. The number of rotatable bonds is 3. The van der Waals surface area contributed by atoms with E-state index < -0.39 is 5.91 Å². The average molecular weight is 358 g/mol. The monoisotopic (exact) mass is 358 g/mol. The number of anilines is 2. The summed E-state index contributed by atoms with van der Waals surface area (Å²) in [6.07, 6.45) is 9.26. The van der Waals surface area contributed by atoms with Crippen LogP contribution in [0.3, 0.4) is 0 Å². The molecule has 3 rings (SSSR count). The van der Waals surface area contributed by atoms with Crippen LogP contribution in [0.25, 0.3) is 0 Å². The predicted octanol–water partition coefficient (Wildman–Crippen LogP) is 3.57. The van der Waals surface area contributed by atoms with Crippen LogP contribution in [0.1, 0.15) is 61.7 Å². The molecule has 0 bridgehead atoms. The molecule has 2 saturated heterocycles. The molecule has 2 aliphatic rings. The van der Waals surface area contributed by atoms with Gasteiger partial charge in [0.1, 0.15) is 0 Å². The van der Waals surface area contributed by atoms with Crippen molar-refractivity contribution in [2.45, 2.75) is 51.4 Å². The van der Waals surface area contributed by atoms with Gasteiger partial charge in [-0.3, -0.25) is 4.79 Å². The Labute approximate surface area is 155 Å². The molecule has 2 heterocycles. The van der Waals surface area contributed by atoms with Crippen molar-refractivity contribution in [1.82, 2.24) is 4.90 Å². The number of hydrogen-bond acceptors (Lipinski definition) is 3. The summed E-state index contributed by atoms with van der Waals surface area (Å²) in [5, 5.41) is 3.06. The fourth-order valence-corrected chi connectivity index (χ4v) is 3.84. The second kappa shape index (κ2) is 8.92. The van der Waals surface area contributed by atoms with Crippen molar-refractivity contribution in [3.8, 4) is 0 Å². The topological polar surface area (TPSA) is 78.7 Å². The van der Waals surface area contributed by atoms with Crippen molar-refractivity contribution in [2.75, 3.05) is 36.4 Å². The maximum absolute atomic E-state index is 12.8. The third-order valence-electron chi connectivity index (χ3n) is 5.36. The van der Waals surface area contributed by atoms with E-state index in [0.717, 1.165) is 57.5 Å². The van der Waals surface area contributed by atoms with E-state index in [1.165, 1.54) is 25.7 Å². The number of carbonyl (C=O) groups is 2. The second-order valence-corrected chi connectivity index (χ2v) is 7.33. The molecule has 0 unspecified atom stereocenters. The molecule has 1 aromatic carbocycles. The van der Waals surface area contributed by atoms with Gasteiger partial charge in [0.05, 0.1) is 11.4 Å². The SMILES string of the molecule is NC(=O)c1ccc(N2CCCCC2)c(NC(=O)N2CCCCCCC2)c1. The number of benzene rings is 1. The Morgan fingerprint density at radius 3 is 2.08 bits per heavy atom. The first kappa shape index (κ1) is 18.5.